The maximum atomic E-state index is 13.0. The monoisotopic (exact) mass is 326 g/mol. The zero-order valence-electron chi connectivity index (χ0n) is 12.5. The Morgan fingerprint density at radius 1 is 1.41 bits per heavy atom. The summed E-state index contributed by atoms with van der Waals surface area (Å²) in [6, 6.07) is 5.96. The van der Waals surface area contributed by atoms with Crippen LogP contribution in [0.3, 0.4) is 0 Å². The van der Waals surface area contributed by atoms with Crippen molar-refractivity contribution in [3.63, 3.8) is 0 Å². The molecule has 3 N–H and O–H groups in total. The Hall–Kier alpha value is -1.92. The van der Waals surface area contributed by atoms with E-state index in [9.17, 15) is 9.18 Å². The van der Waals surface area contributed by atoms with Crippen molar-refractivity contribution in [2.24, 2.45) is 5.73 Å². The number of nitrogens with one attached hydrogen (secondary N) is 1. The fraction of sp³-hybridized carbons (Fsp3) is 0.333. The van der Waals surface area contributed by atoms with Crippen molar-refractivity contribution in [3.8, 4) is 5.69 Å². The highest BCUT2D eigenvalue weighted by molar-refractivity contribution is 5.85. The van der Waals surface area contributed by atoms with Gasteiger partial charge in [0.05, 0.1) is 17.9 Å². The molecule has 2 rings (SSSR count). The molecular weight excluding hydrogens is 307 g/mol. The third kappa shape index (κ3) is 4.05. The average molecular weight is 327 g/mol. The summed E-state index contributed by atoms with van der Waals surface area (Å²) in [5.74, 6) is -0.370. The summed E-state index contributed by atoms with van der Waals surface area (Å²) < 4.78 is 14.7. The lowest BCUT2D eigenvalue weighted by atomic mass is 10.1. The van der Waals surface area contributed by atoms with Crippen LogP contribution in [0, 0.1) is 12.7 Å². The van der Waals surface area contributed by atoms with E-state index in [4.69, 9.17) is 5.73 Å². The average Bonchev–Trinajstić information content (AvgIpc) is 2.82. The number of nitrogens with zero attached hydrogens (tertiary/aromatic N) is 2. The number of hydrogen-bond acceptors (Lipinski definition) is 3. The molecule has 1 aromatic carbocycles. The van der Waals surface area contributed by atoms with Crippen LogP contribution in [0.2, 0.25) is 0 Å². The third-order valence-electron chi connectivity index (χ3n) is 3.33. The van der Waals surface area contributed by atoms with Crippen LogP contribution in [0.5, 0.6) is 0 Å². The number of amides is 1. The van der Waals surface area contributed by atoms with Crippen LogP contribution in [0.15, 0.2) is 30.5 Å². The van der Waals surface area contributed by atoms with E-state index in [1.54, 1.807) is 23.0 Å². The molecule has 1 aromatic heterocycles. The van der Waals surface area contributed by atoms with Gasteiger partial charge >= 0.3 is 0 Å². The molecule has 22 heavy (non-hydrogen) atoms. The van der Waals surface area contributed by atoms with Gasteiger partial charge in [-0.2, -0.15) is 5.10 Å². The van der Waals surface area contributed by atoms with Crippen molar-refractivity contribution >= 4 is 18.3 Å². The van der Waals surface area contributed by atoms with E-state index in [0.717, 1.165) is 16.9 Å². The molecule has 0 spiro atoms. The summed E-state index contributed by atoms with van der Waals surface area (Å²) in [5, 5.41) is 7.19. The molecule has 0 radical (unpaired) electrons. The van der Waals surface area contributed by atoms with Gasteiger partial charge in [0.25, 0.3) is 0 Å². The minimum Gasteiger partial charge on any atom is -0.349 e. The summed E-state index contributed by atoms with van der Waals surface area (Å²) in [7, 11) is 0. The van der Waals surface area contributed by atoms with E-state index < -0.39 is 0 Å². The smallest absolute Gasteiger partial charge is 0.221 e. The highest BCUT2D eigenvalue weighted by Crippen LogP contribution is 2.20. The van der Waals surface area contributed by atoms with E-state index >= 15 is 0 Å². The zero-order valence-corrected chi connectivity index (χ0v) is 13.4. The van der Waals surface area contributed by atoms with Crippen molar-refractivity contribution in [2.45, 2.75) is 26.3 Å². The zero-order chi connectivity index (χ0) is 15.4. The largest absolute Gasteiger partial charge is 0.349 e. The first-order chi connectivity index (χ1) is 10.0. The lowest BCUT2D eigenvalue weighted by molar-refractivity contribution is -0.121. The molecule has 0 aliphatic rings. The number of halogens is 2. The summed E-state index contributed by atoms with van der Waals surface area (Å²) in [4.78, 5) is 11.6. The first-order valence-electron chi connectivity index (χ1n) is 6.83. The quantitative estimate of drug-likeness (QED) is 0.885. The minimum atomic E-state index is -0.286. The van der Waals surface area contributed by atoms with Crippen molar-refractivity contribution in [1.82, 2.24) is 15.1 Å². The molecule has 1 atom stereocenters. The number of rotatable bonds is 5. The Balaban J connectivity index is 0.00000242. The summed E-state index contributed by atoms with van der Waals surface area (Å²) in [5.41, 5.74) is 7.96. The molecule has 2 aromatic rings. The van der Waals surface area contributed by atoms with Gasteiger partial charge in [0.1, 0.15) is 5.82 Å². The predicted octanol–water partition coefficient (Wildman–Crippen LogP) is 2.27. The fourth-order valence-corrected chi connectivity index (χ4v) is 2.21. The van der Waals surface area contributed by atoms with Gasteiger partial charge in [-0.15, -0.1) is 12.4 Å². The molecule has 0 saturated carbocycles. The first kappa shape index (κ1) is 18.1. The lowest BCUT2D eigenvalue weighted by Crippen LogP contribution is -2.28. The Morgan fingerprint density at radius 2 is 2.05 bits per heavy atom. The number of carbonyl (C=O) groups excluding carboxylic acids is 1. The van der Waals surface area contributed by atoms with Gasteiger partial charge in [-0.05, 0) is 38.1 Å². The Morgan fingerprint density at radius 3 is 2.64 bits per heavy atom. The number of hydrogen-bond donors (Lipinski definition) is 2. The van der Waals surface area contributed by atoms with Crippen LogP contribution in [0.4, 0.5) is 4.39 Å². The number of aromatic nitrogens is 2. The Labute approximate surface area is 135 Å². The molecule has 0 aliphatic heterocycles. The third-order valence-corrected chi connectivity index (χ3v) is 3.33. The van der Waals surface area contributed by atoms with Crippen LogP contribution in [0.1, 0.15) is 30.6 Å². The SMILES string of the molecule is Cc1c(C(C)NC(=O)CCN)cnn1-c1ccc(F)cc1.Cl. The highest BCUT2D eigenvalue weighted by atomic mass is 35.5. The van der Waals surface area contributed by atoms with Gasteiger partial charge in [0.15, 0.2) is 0 Å². The maximum Gasteiger partial charge on any atom is 0.221 e. The molecular formula is C15H20ClFN4O. The second-order valence-electron chi connectivity index (χ2n) is 4.90. The van der Waals surface area contributed by atoms with E-state index in [2.05, 4.69) is 10.4 Å². The molecule has 120 valence electrons. The normalized spacial score (nSPS) is 11.6. The van der Waals surface area contributed by atoms with Crippen LogP contribution in [0.25, 0.3) is 5.69 Å². The Bertz CT molecular complexity index is 627. The highest BCUT2D eigenvalue weighted by Gasteiger charge is 2.15. The molecule has 0 aliphatic carbocycles. The molecule has 0 fully saturated rings. The van der Waals surface area contributed by atoms with Crippen molar-refractivity contribution < 1.29 is 9.18 Å². The van der Waals surface area contributed by atoms with Gasteiger partial charge in [-0.25, -0.2) is 9.07 Å². The summed E-state index contributed by atoms with van der Waals surface area (Å²) in [6.07, 6.45) is 2.02. The van der Waals surface area contributed by atoms with Crippen molar-refractivity contribution in [3.05, 3.63) is 47.5 Å². The number of benzene rings is 1. The molecule has 1 amide bonds. The molecule has 0 saturated heterocycles. The van der Waals surface area contributed by atoms with E-state index in [0.29, 0.717) is 13.0 Å². The number of carbonyl (C=O) groups is 1. The maximum absolute atomic E-state index is 13.0. The van der Waals surface area contributed by atoms with Gasteiger partial charge in [0.2, 0.25) is 5.91 Å². The molecule has 0 bridgehead atoms. The minimum absolute atomic E-state index is 0. The topological polar surface area (TPSA) is 72.9 Å². The van der Waals surface area contributed by atoms with E-state index in [1.807, 2.05) is 13.8 Å². The van der Waals surface area contributed by atoms with Crippen molar-refractivity contribution in [1.29, 1.82) is 0 Å². The van der Waals surface area contributed by atoms with E-state index in [-0.39, 0.29) is 30.2 Å². The Kier molecular flexibility index (Phi) is 6.52. The summed E-state index contributed by atoms with van der Waals surface area (Å²) >= 11 is 0. The second-order valence-corrected chi connectivity index (χ2v) is 4.90. The van der Waals surface area contributed by atoms with Crippen LogP contribution in [-0.4, -0.2) is 22.2 Å². The van der Waals surface area contributed by atoms with Crippen LogP contribution in [-0.2, 0) is 4.79 Å². The first-order valence-corrected chi connectivity index (χ1v) is 6.83. The molecule has 5 nitrogen and oxygen atoms in total. The van der Waals surface area contributed by atoms with Gasteiger partial charge < -0.3 is 11.1 Å². The summed E-state index contributed by atoms with van der Waals surface area (Å²) in [6.45, 7) is 4.14. The van der Waals surface area contributed by atoms with Crippen LogP contribution >= 0.6 is 12.4 Å². The van der Waals surface area contributed by atoms with Crippen molar-refractivity contribution in [2.75, 3.05) is 6.54 Å². The lowest BCUT2D eigenvalue weighted by Gasteiger charge is -2.14. The van der Waals surface area contributed by atoms with E-state index in [1.165, 1.54) is 12.1 Å². The standard InChI is InChI=1S/C15H19FN4O.ClH/c1-10(19-15(21)7-8-17)14-9-18-20(11(14)2)13-5-3-12(16)4-6-13;/h3-6,9-10H,7-8,17H2,1-2H3,(H,19,21);1H. The van der Waals surface area contributed by atoms with Gasteiger partial charge in [-0.3, -0.25) is 4.79 Å². The van der Waals surface area contributed by atoms with Gasteiger partial charge in [0, 0.05) is 24.2 Å². The van der Waals surface area contributed by atoms with Crippen LogP contribution < -0.4 is 11.1 Å². The molecule has 1 unspecified atom stereocenters. The van der Waals surface area contributed by atoms with Gasteiger partial charge in [-0.1, -0.05) is 0 Å². The predicted molar refractivity (Wildman–Crippen MR) is 85.7 cm³/mol. The fourth-order valence-electron chi connectivity index (χ4n) is 2.21. The number of nitrogens with two attached hydrogens (primary N) is 1. The molecule has 1 heterocycles. The molecule has 7 heteroatoms. The second kappa shape index (κ2) is 7.91.